The summed E-state index contributed by atoms with van der Waals surface area (Å²) in [5, 5.41) is 0. The highest BCUT2D eigenvalue weighted by molar-refractivity contribution is 5.45. The molecule has 4 nitrogen and oxygen atoms in total. The second kappa shape index (κ2) is 7.71. The zero-order chi connectivity index (χ0) is 15.9. The highest BCUT2D eigenvalue weighted by Gasteiger charge is 2.16. The Morgan fingerprint density at radius 2 is 1.45 bits per heavy atom. The summed E-state index contributed by atoms with van der Waals surface area (Å²) in [6.45, 7) is 5.15. The van der Waals surface area contributed by atoms with Gasteiger partial charge < -0.3 is 19.9 Å². The first-order chi connectivity index (χ1) is 10.7. The summed E-state index contributed by atoms with van der Waals surface area (Å²) < 4.78 is 16.5. The quantitative estimate of drug-likeness (QED) is 0.855. The highest BCUT2D eigenvalue weighted by Crippen LogP contribution is 2.31. The van der Waals surface area contributed by atoms with Crippen LogP contribution in [0, 0.1) is 0 Å². The van der Waals surface area contributed by atoms with E-state index in [1.54, 1.807) is 7.11 Å². The third kappa shape index (κ3) is 3.71. The molecule has 22 heavy (non-hydrogen) atoms. The molecule has 0 bridgehead atoms. The number of ether oxygens (including phenoxy) is 3. The maximum Gasteiger partial charge on any atom is 0.161 e. The average molecular weight is 302 g/mol. The van der Waals surface area contributed by atoms with E-state index in [1.807, 2.05) is 56.3 Å². The number of hydrogen-bond donors (Lipinski definition) is 1. The molecule has 0 fully saturated rings. The Morgan fingerprint density at radius 1 is 0.864 bits per heavy atom. The Morgan fingerprint density at radius 3 is 2.05 bits per heavy atom. The lowest BCUT2D eigenvalue weighted by Gasteiger charge is -2.15. The van der Waals surface area contributed by atoms with Gasteiger partial charge in [-0.2, -0.15) is 0 Å². The van der Waals surface area contributed by atoms with Gasteiger partial charge in [-0.15, -0.1) is 0 Å². The third-order valence-corrected chi connectivity index (χ3v) is 3.49. The number of rotatable bonds is 7. The molecule has 2 aromatic rings. The van der Waals surface area contributed by atoms with Gasteiger partial charge in [-0.3, -0.25) is 0 Å². The molecule has 0 spiro atoms. The van der Waals surface area contributed by atoms with Crippen LogP contribution < -0.4 is 19.9 Å². The summed E-state index contributed by atoms with van der Waals surface area (Å²) in [7, 11) is 1.66. The molecule has 0 saturated carbocycles. The van der Waals surface area contributed by atoms with E-state index in [-0.39, 0.29) is 6.04 Å². The predicted octanol–water partition coefficient (Wildman–Crippen LogP) is 2.82. The van der Waals surface area contributed by atoms with Crippen molar-refractivity contribution in [2.45, 2.75) is 19.9 Å². The van der Waals surface area contributed by atoms with Crippen molar-refractivity contribution in [2.75, 3.05) is 20.3 Å². The van der Waals surface area contributed by atoms with E-state index in [0.29, 0.717) is 13.2 Å². The Balaban J connectivity index is 2.27. The van der Waals surface area contributed by atoms with E-state index in [4.69, 9.17) is 14.2 Å². The van der Waals surface area contributed by atoms with Gasteiger partial charge in [-0.25, -0.2) is 0 Å². The second-order valence-corrected chi connectivity index (χ2v) is 4.90. The molecule has 0 aliphatic rings. The number of hydrogen-bond acceptors (Lipinski definition) is 3. The van der Waals surface area contributed by atoms with E-state index in [0.717, 1.165) is 28.4 Å². The first kappa shape index (κ1) is 16.2. The van der Waals surface area contributed by atoms with Crippen LogP contribution in [0.2, 0.25) is 0 Å². The van der Waals surface area contributed by atoms with E-state index in [2.05, 4.69) is 5.73 Å². The molecule has 1 atom stereocenters. The number of benzene rings is 2. The smallest absolute Gasteiger partial charge is 0.161 e. The maximum atomic E-state index is 5.68. The van der Waals surface area contributed by atoms with Crippen molar-refractivity contribution < 1.29 is 19.9 Å². The number of methoxy groups -OCH3 is 1. The van der Waals surface area contributed by atoms with Gasteiger partial charge in [0.15, 0.2) is 11.5 Å². The zero-order valence-corrected chi connectivity index (χ0v) is 13.5. The average Bonchev–Trinajstić information content (AvgIpc) is 2.56. The standard InChI is InChI=1S/C18H23NO3/c1-4-21-16-11-8-14(12-17(16)22-5-2)18(19)13-6-9-15(20-3)10-7-13/h6-12,18H,4-5,19H2,1-3H3/p+1. The Hall–Kier alpha value is -2.20. The van der Waals surface area contributed by atoms with E-state index >= 15 is 0 Å². The first-order valence-corrected chi connectivity index (χ1v) is 7.56. The minimum absolute atomic E-state index is 0.0285. The van der Waals surface area contributed by atoms with Crippen molar-refractivity contribution in [1.29, 1.82) is 0 Å². The molecular formula is C18H24NO3+. The fraction of sp³-hybridized carbons (Fsp3) is 0.333. The fourth-order valence-corrected chi connectivity index (χ4v) is 2.31. The molecule has 3 N–H and O–H groups in total. The van der Waals surface area contributed by atoms with Gasteiger partial charge in [-0.05, 0) is 56.3 Å². The van der Waals surface area contributed by atoms with Gasteiger partial charge in [0.2, 0.25) is 0 Å². The monoisotopic (exact) mass is 302 g/mol. The summed E-state index contributed by atoms with van der Waals surface area (Å²) in [4.78, 5) is 0. The van der Waals surface area contributed by atoms with Crippen molar-refractivity contribution in [3.8, 4) is 17.2 Å². The van der Waals surface area contributed by atoms with Crippen LogP contribution in [0.3, 0.4) is 0 Å². The van der Waals surface area contributed by atoms with Crippen molar-refractivity contribution in [1.82, 2.24) is 0 Å². The molecule has 0 heterocycles. The molecule has 0 aromatic heterocycles. The molecule has 0 aliphatic heterocycles. The molecule has 2 rings (SSSR count). The molecule has 118 valence electrons. The largest absolute Gasteiger partial charge is 0.497 e. The summed E-state index contributed by atoms with van der Waals surface area (Å²) in [6.07, 6.45) is 0. The molecule has 0 saturated heterocycles. The van der Waals surface area contributed by atoms with Crippen LogP contribution in [-0.4, -0.2) is 20.3 Å². The summed E-state index contributed by atoms with van der Waals surface area (Å²) in [6, 6.07) is 14.0. The normalized spacial score (nSPS) is 11.8. The predicted molar refractivity (Wildman–Crippen MR) is 86.5 cm³/mol. The lowest BCUT2D eigenvalue weighted by atomic mass is 9.99. The first-order valence-electron chi connectivity index (χ1n) is 7.56. The van der Waals surface area contributed by atoms with Crippen LogP contribution in [0.1, 0.15) is 31.0 Å². The summed E-state index contributed by atoms with van der Waals surface area (Å²) in [5.74, 6) is 2.39. The van der Waals surface area contributed by atoms with Crippen molar-refractivity contribution in [3.05, 3.63) is 53.6 Å². The summed E-state index contributed by atoms with van der Waals surface area (Å²) in [5.41, 5.74) is 6.50. The number of quaternary nitrogens is 1. The Labute approximate surface area is 131 Å². The van der Waals surface area contributed by atoms with Gasteiger partial charge >= 0.3 is 0 Å². The van der Waals surface area contributed by atoms with Crippen molar-refractivity contribution in [3.63, 3.8) is 0 Å². The molecular weight excluding hydrogens is 278 g/mol. The van der Waals surface area contributed by atoms with Crippen molar-refractivity contribution in [2.24, 2.45) is 0 Å². The topological polar surface area (TPSA) is 55.3 Å². The summed E-state index contributed by atoms with van der Waals surface area (Å²) >= 11 is 0. The maximum absolute atomic E-state index is 5.68. The zero-order valence-electron chi connectivity index (χ0n) is 13.5. The van der Waals surface area contributed by atoms with Crippen LogP contribution >= 0.6 is 0 Å². The van der Waals surface area contributed by atoms with E-state index < -0.39 is 0 Å². The minimum atomic E-state index is 0.0285. The van der Waals surface area contributed by atoms with Crippen LogP contribution in [0.15, 0.2) is 42.5 Å². The van der Waals surface area contributed by atoms with Crippen molar-refractivity contribution >= 4 is 0 Å². The van der Waals surface area contributed by atoms with Crippen LogP contribution in [0.25, 0.3) is 0 Å². The lowest BCUT2D eigenvalue weighted by molar-refractivity contribution is -0.411. The van der Waals surface area contributed by atoms with Crippen LogP contribution in [-0.2, 0) is 0 Å². The molecule has 0 amide bonds. The van der Waals surface area contributed by atoms with E-state index in [9.17, 15) is 0 Å². The van der Waals surface area contributed by atoms with Gasteiger partial charge in [0.1, 0.15) is 11.8 Å². The molecule has 0 aliphatic carbocycles. The van der Waals surface area contributed by atoms with Gasteiger partial charge in [0.25, 0.3) is 0 Å². The lowest BCUT2D eigenvalue weighted by Crippen LogP contribution is -2.54. The molecule has 2 aromatic carbocycles. The Kier molecular flexibility index (Phi) is 5.67. The Bertz CT molecular complexity index is 596. The minimum Gasteiger partial charge on any atom is -0.497 e. The molecule has 1 unspecified atom stereocenters. The second-order valence-electron chi connectivity index (χ2n) is 4.90. The third-order valence-electron chi connectivity index (χ3n) is 3.49. The highest BCUT2D eigenvalue weighted by atomic mass is 16.5. The van der Waals surface area contributed by atoms with Gasteiger partial charge in [-0.1, -0.05) is 0 Å². The molecule has 0 radical (unpaired) electrons. The van der Waals surface area contributed by atoms with Gasteiger partial charge in [0, 0.05) is 11.1 Å². The fourth-order valence-electron chi connectivity index (χ4n) is 2.31. The van der Waals surface area contributed by atoms with E-state index in [1.165, 1.54) is 0 Å². The van der Waals surface area contributed by atoms with Crippen LogP contribution in [0.5, 0.6) is 17.2 Å². The SMILES string of the molecule is CCOc1ccc(C([NH3+])c2ccc(OC)cc2)cc1OCC. The molecule has 4 heteroatoms. The van der Waals surface area contributed by atoms with Gasteiger partial charge in [0.05, 0.1) is 20.3 Å². The van der Waals surface area contributed by atoms with Crippen LogP contribution in [0.4, 0.5) is 0 Å².